The third-order valence-electron chi connectivity index (χ3n) is 6.33. The number of anilines is 2. The second kappa shape index (κ2) is 8.74. The summed E-state index contributed by atoms with van der Waals surface area (Å²) in [6.45, 7) is 8.66. The van der Waals surface area contributed by atoms with Gasteiger partial charge in [0.2, 0.25) is 0 Å². The van der Waals surface area contributed by atoms with Gasteiger partial charge in [0.15, 0.2) is 0 Å². The SMILES string of the molecule is C=C(Nc1ccnc(SN)c1)c1cc2c(nc1N1CCC(F)(F)C(C)C1)CC(C)CC2. The first kappa shape index (κ1) is 22.0. The Morgan fingerprint density at radius 3 is 2.90 bits per heavy atom. The van der Waals surface area contributed by atoms with Crippen molar-refractivity contribution in [2.75, 3.05) is 23.3 Å². The molecule has 0 amide bonds. The first-order chi connectivity index (χ1) is 14.8. The van der Waals surface area contributed by atoms with Crippen molar-refractivity contribution in [3.8, 4) is 0 Å². The van der Waals surface area contributed by atoms with E-state index in [-0.39, 0.29) is 19.5 Å². The summed E-state index contributed by atoms with van der Waals surface area (Å²) in [7, 11) is 0. The number of nitrogens with one attached hydrogen (secondary N) is 1. The number of alkyl halides is 2. The maximum absolute atomic E-state index is 14.1. The lowest BCUT2D eigenvalue weighted by atomic mass is 9.87. The largest absolute Gasteiger partial charge is 0.355 e. The fraction of sp³-hybridized carbons (Fsp3) is 0.478. The minimum Gasteiger partial charge on any atom is -0.355 e. The molecule has 3 N–H and O–H groups in total. The maximum Gasteiger partial charge on any atom is 0.254 e. The van der Waals surface area contributed by atoms with Crippen molar-refractivity contribution in [1.82, 2.24) is 9.97 Å². The predicted octanol–water partition coefficient (Wildman–Crippen LogP) is 5.13. The second-order valence-electron chi connectivity index (χ2n) is 8.78. The average Bonchev–Trinajstić information content (AvgIpc) is 2.74. The van der Waals surface area contributed by atoms with E-state index in [0.29, 0.717) is 16.6 Å². The molecule has 2 atom stereocenters. The molecule has 31 heavy (non-hydrogen) atoms. The van der Waals surface area contributed by atoms with Gasteiger partial charge in [-0.05, 0) is 60.9 Å². The molecule has 0 saturated carbocycles. The highest BCUT2D eigenvalue weighted by molar-refractivity contribution is 7.97. The van der Waals surface area contributed by atoms with E-state index >= 15 is 0 Å². The molecule has 1 fully saturated rings. The highest BCUT2D eigenvalue weighted by Gasteiger charge is 2.42. The number of aryl methyl sites for hydroxylation is 1. The summed E-state index contributed by atoms with van der Waals surface area (Å²) in [4.78, 5) is 11.2. The summed E-state index contributed by atoms with van der Waals surface area (Å²) in [6.07, 6.45) is 4.55. The number of nitrogens with two attached hydrogens (primary N) is 1. The van der Waals surface area contributed by atoms with E-state index in [1.807, 2.05) is 17.0 Å². The van der Waals surface area contributed by atoms with E-state index in [9.17, 15) is 8.78 Å². The lowest BCUT2D eigenvalue weighted by molar-refractivity contribution is -0.0652. The van der Waals surface area contributed by atoms with Gasteiger partial charge in [-0.3, -0.25) is 5.14 Å². The zero-order chi connectivity index (χ0) is 22.2. The number of aromatic nitrogens is 2. The van der Waals surface area contributed by atoms with Crippen LogP contribution in [0.3, 0.4) is 0 Å². The Morgan fingerprint density at radius 1 is 1.35 bits per heavy atom. The molecule has 0 radical (unpaired) electrons. The Morgan fingerprint density at radius 2 is 2.16 bits per heavy atom. The zero-order valence-electron chi connectivity index (χ0n) is 18.0. The van der Waals surface area contributed by atoms with Crippen LogP contribution in [0.2, 0.25) is 0 Å². The molecule has 1 aliphatic carbocycles. The van der Waals surface area contributed by atoms with Crippen LogP contribution in [0.1, 0.15) is 43.5 Å². The Balaban J connectivity index is 1.69. The molecule has 3 heterocycles. The lowest BCUT2D eigenvalue weighted by Gasteiger charge is -2.39. The van der Waals surface area contributed by atoms with Crippen LogP contribution < -0.4 is 15.4 Å². The van der Waals surface area contributed by atoms with Crippen LogP contribution in [0.15, 0.2) is 36.0 Å². The number of piperidine rings is 1. The molecular formula is C23H29F2N5S. The third kappa shape index (κ3) is 4.70. The molecular weight excluding hydrogens is 416 g/mol. The number of nitrogens with zero attached hydrogens (tertiary/aromatic N) is 3. The molecule has 166 valence electrons. The minimum atomic E-state index is -2.64. The van der Waals surface area contributed by atoms with Crippen LogP contribution in [0.4, 0.5) is 20.3 Å². The zero-order valence-corrected chi connectivity index (χ0v) is 18.8. The van der Waals surface area contributed by atoms with E-state index in [0.717, 1.165) is 54.0 Å². The van der Waals surface area contributed by atoms with E-state index in [4.69, 9.17) is 10.1 Å². The first-order valence-electron chi connectivity index (χ1n) is 10.7. The first-order valence-corrected chi connectivity index (χ1v) is 11.6. The summed E-state index contributed by atoms with van der Waals surface area (Å²) in [5.41, 5.74) is 4.69. The number of rotatable bonds is 5. The van der Waals surface area contributed by atoms with Crippen LogP contribution in [0.5, 0.6) is 0 Å². The van der Waals surface area contributed by atoms with Gasteiger partial charge in [0.25, 0.3) is 5.92 Å². The molecule has 2 aliphatic rings. The van der Waals surface area contributed by atoms with Crippen LogP contribution in [0, 0.1) is 11.8 Å². The number of fused-ring (bicyclic) bond motifs is 1. The highest BCUT2D eigenvalue weighted by Crippen LogP contribution is 2.38. The normalized spacial score (nSPS) is 22.7. The van der Waals surface area contributed by atoms with Gasteiger partial charge < -0.3 is 10.2 Å². The maximum atomic E-state index is 14.1. The van der Waals surface area contributed by atoms with Crippen molar-refractivity contribution in [2.24, 2.45) is 17.0 Å². The van der Waals surface area contributed by atoms with Gasteiger partial charge in [0, 0.05) is 54.3 Å². The van der Waals surface area contributed by atoms with E-state index in [1.165, 1.54) is 5.56 Å². The van der Waals surface area contributed by atoms with Crippen molar-refractivity contribution < 1.29 is 8.78 Å². The number of halogens is 2. The monoisotopic (exact) mass is 445 g/mol. The quantitative estimate of drug-likeness (QED) is 0.622. The molecule has 0 spiro atoms. The van der Waals surface area contributed by atoms with Gasteiger partial charge >= 0.3 is 0 Å². The molecule has 1 saturated heterocycles. The Bertz CT molecular complexity index is 980. The molecule has 4 rings (SSSR count). The number of hydrogen-bond acceptors (Lipinski definition) is 6. The predicted molar refractivity (Wildman–Crippen MR) is 123 cm³/mol. The number of hydrogen-bond donors (Lipinski definition) is 2. The minimum absolute atomic E-state index is 0.163. The van der Waals surface area contributed by atoms with E-state index in [1.54, 1.807) is 13.1 Å². The Kier molecular flexibility index (Phi) is 6.21. The van der Waals surface area contributed by atoms with Crippen LogP contribution in [0.25, 0.3) is 5.70 Å². The Hall–Kier alpha value is -2.19. The molecule has 5 nitrogen and oxygen atoms in total. The second-order valence-corrected chi connectivity index (χ2v) is 9.43. The summed E-state index contributed by atoms with van der Waals surface area (Å²) < 4.78 is 28.3. The summed E-state index contributed by atoms with van der Waals surface area (Å²) in [5, 5.41) is 9.66. The molecule has 2 aromatic rings. The van der Waals surface area contributed by atoms with Gasteiger partial charge in [0.05, 0.1) is 0 Å². The van der Waals surface area contributed by atoms with Gasteiger partial charge in [-0.1, -0.05) is 20.4 Å². The Labute approximate surface area is 186 Å². The van der Waals surface area contributed by atoms with Crippen molar-refractivity contribution in [2.45, 2.75) is 50.5 Å². The van der Waals surface area contributed by atoms with Crippen molar-refractivity contribution in [3.05, 3.63) is 47.8 Å². The van der Waals surface area contributed by atoms with Crippen LogP contribution in [-0.4, -0.2) is 29.0 Å². The molecule has 2 unspecified atom stereocenters. The van der Waals surface area contributed by atoms with E-state index in [2.05, 4.69) is 29.9 Å². The standard InChI is InChI=1S/C23H29F2N5S/c1-14-4-5-17-11-19(16(3)28-18-6-8-27-21(12-18)31-26)22(29-20(17)10-14)30-9-7-23(24,25)15(2)13-30/h6,8,11-12,14-15H,3-5,7,9-10,13,26H2,1-2H3,(H,27,28). The van der Waals surface area contributed by atoms with Crippen molar-refractivity contribution in [1.29, 1.82) is 0 Å². The summed E-state index contributed by atoms with van der Waals surface area (Å²) in [6, 6.07) is 5.85. The molecule has 1 aliphatic heterocycles. The average molecular weight is 446 g/mol. The topological polar surface area (TPSA) is 67.1 Å². The van der Waals surface area contributed by atoms with Gasteiger partial charge in [-0.15, -0.1) is 0 Å². The molecule has 2 aromatic heterocycles. The van der Waals surface area contributed by atoms with Crippen molar-refractivity contribution in [3.63, 3.8) is 0 Å². The fourth-order valence-corrected chi connectivity index (χ4v) is 4.66. The summed E-state index contributed by atoms with van der Waals surface area (Å²) >= 11 is 1.08. The van der Waals surface area contributed by atoms with Gasteiger partial charge in [0.1, 0.15) is 10.8 Å². The number of pyridine rings is 2. The van der Waals surface area contributed by atoms with Gasteiger partial charge in [-0.25, -0.2) is 18.7 Å². The molecule has 0 aromatic carbocycles. The third-order valence-corrected chi connectivity index (χ3v) is 6.79. The lowest BCUT2D eigenvalue weighted by Crippen LogP contribution is -2.46. The fourth-order valence-electron chi connectivity index (χ4n) is 4.34. The molecule has 8 heteroatoms. The van der Waals surface area contributed by atoms with E-state index < -0.39 is 11.8 Å². The van der Waals surface area contributed by atoms with Crippen LogP contribution in [-0.2, 0) is 12.8 Å². The smallest absolute Gasteiger partial charge is 0.254 e. The van der Waals surface area contributed by atoms with Crippen LogP contribution >= 0.6 is 11.9 Å². The summed E-state index contributed by atoms with van der Waals surface area (Å²) in [5.74, 6) is -2.04. The highest BCUT2D eigenvalue weighted by atomic mass is 32.2. The van der Waals surface area contributed by atoms with Crippen molar-refractivity contribution >= 4 is 29.2 Å². The molecule has 0 bridgehead atoms. The van der Waals surface area contributed by atoms with Gasteiger partial charge in [-0.2, -0.15) is 0 Å².